The first kappa shape index (κ1) is 15.6. The Morgan fingerprint density at radius 1 is 1.38 bits per heavy atom. The number of H-pyrrole nitrogens is 1. The van der Waals surface area contributed by atoms with Crippen molar-refractivity contribution in [2.24, 2.45) is 0 Å². The molecule has 0 aliphatic rings. The number of hydrogen-bond donors (Lipinski definition) is 2. The number of aliphatic hydroxyl groups is 1. The van der Waals surface area contributed by atoms with Gasteiger partial charge in [-0.3, -0.25) is 19.9 Å². The normalized spacial score (nSPS) is 11.6. The number of nitrogens with zero attached hydrogens (tertiary/aromatic N) is 3. The number of nitro benzene ring substituents is 1. The lowest BCUT2D eigenvalue weighted by Gasteiger charge is -2.03. The Hall–Kier alpha value is -3.26. The largest absolute Gasteiger partial charge is 0.506 e. The Kier molecular flexibility index (Phi) is 3.97. The van der Waals surface area contributed by atoms with Crippen molar-refractivity contribution in [1.29, 1.82) is 0 Å². The molecular formula is C15H9ClN4O4. The molecule has 0 saturated heterocycles. The van der Waals surface area contributed by atoms with E-state index < -0.39 is 10.5 Å². The minimum atomic E-state index is -0.685. The lowest BCUT2D eigenvalue weighted by Crippen LogP contribution is -2.13. The monoisotopic (exact) mass is 344 g/mol. The smallest absolute Gasteiger partial charge is 0.296 e. The van der Waals surface area contributed by atoms with Gasteiger partial charge in [0.05, 0.1) is 10.4 Å². The molecule has 0 fully saturated rings. The summed E-state index contributed by atoms with van der Waals surface area (Å²) in [5.41, 5.74) is -0.808. The second-order valence-electron chi connectivity index (χ2n) is 4.77. The van der Waals surface area contributed by atoms with Gasteiger partial charge in [0.25, 0.3) is 11.2 Å². The quantitative estimate of drug-likeness (QED) is 0.428. The Bertz CT molecular complexity index is 1030. The number of aliphatic hydroxyl groups excluding tert-OH is 1. The van der Waals surface area contributed by atoms with Gasteiger partial charge in [0.1, 0.15) is 22.7 Å². The number of hydrogen-bond acceptors (Lipinski definition) is 6. The molecule has 0 atom stereocenters. The van der Waals surface area contributed by atoms with Crippen LogP contribution >= 0.6 is 11.6 Å². The number of aromatic nitrogens is 3. The van der Waals surface area contributed by atoms with E-state index in [1.54, 1.807) is 18.2 Å². The summed E-state index contributed by atoms with van der Waals surface area (Å²) >= 11 is 5.85. The minimum Gasteiger partial charge on any atom is -0.506 e. The Morgan fingerprint density at radius 3 is 2.83 bits per heavy atom. The molecule has 0 saturated carbocycles. The number of nitrogens with one attached hydrogen (secondary N) is 1. The summed E-state index contributed by atoms with van der Waals surface area (Å²) in [6, 6.07) is 7.42. The summed E-state index contributed by atoms with van der Waals surface area (Å²) < 4.78 is 0. The Balaban J connectivity index is 2.19. The van der Waals surface area contributed by atoms with Gasteiger partial charge in [-0.25, -0.2) is 4.98 Å². The van der Waals surface area contributed by atoms with Gasteiger partial charge in [-0.15, -0.1) is 0 Å². The third-order valence-corrected chi connectivity index (χ3v) is 3.39. The molecule has 1 aromatic carbocycles. The molecule has 0 aliphatic heterocycles. The van der Waals surface area contributed by atoms with Crippen LogP contribution in [0.4, 0.5) is 5.69 Å². The van der Waals surface area contributed by atoms with Crippen LogP contribution in [0, 0.1) is 10.1 Å². The van der Waals surface area contributed by atoms with Crippen molar-refractivity contribution in [1.82, 2.24) is 15.0 Å². The van der Waals surface area contributed by atoms with Gasteiger partial charge in [-0.05, 0) is 18.2 Å². The van der Waals surface area contributed by atoms with Gasteiger partial charge in [0.15, 0.2) is 0 Å². The van der Waals surface area contributed by atoms with E-state index in [0.29, 0.717) is 0 Å². The van der Waals surface area contributed by atoms with Gasteiger partial charge < -0.3 is 10.1 Å². The number of pyridine rings is 1. The molecule has 0 aliphatic carbocycles. The molecule has 24 heavy (non-hydrogen) atoms. The summed E-state index contributed by atoms with van der Waals surface area (Å²) in [4.78, 5) is 32.9. The van der Waals surface area contributed by atoms with E-state index in [1.807, 2.05) is 0 Å². The van der Waals surface area contributed by atoms with E-state index in [4.69, 9.17) is 11.6 Å². The van der Waals surface area contributed by atoms with E-state index in [9.17, 15) is 20.0 Å². The summed E-state index contributed by atoms with van der Waals surface area (Å²) in [7, 11) is 0. The standard InChI is InChI=1S/C15H9ClN4O4/c16-8-5-10-14(12(6-8)20(23)24)19-15(22)11(18-10)7-13(21)9-3-1-2-4-17-9/h1-7,21H,(H,19,22). The third kappa shape index (κ3) is 2.95. The average Bonchev–Trinajstić information content (AvgIpc) is 2.56. The first-order chi connectivity index (χ1) is 11.5. The summed E-state index contributed by atoms with van der Waals surface area (Å²) in [6.07, 6.45) is 2.62. The van der Waals surface area contributed by atoms with Crippen LogP contribution in [0.1, 0.15) is 11.4 Å². The topological polar surface area (TPSA) is 122 Å². The highest BCUT2D eigenvalue weighted by molar-refractivity contribution is 6.31. The van der Waals surface area contributed by atoms with Crippen molar-refractivity contribution in [3.63, 3.8) is 0 Å². The van der Waals surface area contributed by atoms with E-state index in [-0.39, 0.29) is 38.9 Å². The zero-order valence-electron chi connectivity index (χ0n) is 11.9. The van der Waals surface area contributed by atoms with Crippen molar-refractivity contribution in [3.8, 4) is 0 Å². The summed E-state index contributed by atoms with van der Waals surface area (Å²) in [5.74, 6) is -0.260. The lowest BCUT2D eigenvalue weighted by molar-refractivity contribution is -0.383. The minimum absolute atomic E-state index is 0.0381. The highest BCUT2D eigenvalue weighted by Crippen LogP contribution is 2.26. The van der Waals surface area contributed by atoms with E-state index in [2.05, 4.69) is 15.0 Å². The van der Waals surface area contributed by atoms with Crippen molar-refractivity contribution in [3.05, 3.63) is 73.4 Å². The summed E-state index contributed by atoms with van der Waals surface area (Å²) in [5, 5.41) is 21.2. The number of benzene rings is 1. The van der Waals surface area contributed by atoms with Crippen LogP contribution in [0.3, 0.4) is 0 Å². The third-order valence-electron chi connectivity index (χ3n) is 3.17. The maximum atomic E-state index is 12.1. The van der Waals surface area contributed by atoms with Crippen LogP contribution in [-0.4, -0.2) is 25.0 Å². The molecule has 0 unspecified atom stereocenters. The number of non-ortho nitro benzene ring substituents is 1. The van der Waals surface area contributed by atoms with Crippen molar-refractivity contribution < 1.29 is 10.0 Å². The molecule has 9 heteroatoms. The number of halogens is 1. The molecule has 120 valence electrons. The Morgan fingerprint density at radius 2 is 2.17 bits per heavy atom. The SMILES string of the molecule is O=c1[nH]c2c([N+](=O)[O-])cc(Cl)cc2nc1C=C(O)c1ccccn1. The number of nitro groups is 1. The highest BCUT2D eigenvalue weighted by atomic mass is 35.5. The van der Waals surface area contributed by atoms with Gasteiger partial charge in [0.2, 0.25) is 0 Å². The lowest BCUT2D eigenvalue weighted by atomic mass is 10.2. The zero-order valence-corrected chi connectivity index (χ0v) is 12.7. The van der Waals surface area contributed by atoms with Crippen LogP contribution in [0.5, 0.6) is 0 Å². The maximum Gasteiger partial charge on any atom is 0.296 e. The first-order valence-corrected chi connectivity index (χ1v) is 7.03. The molecule has 2 aromatic heterocycles. The zero-order chi connectivity index (χ0) is 17.3. The van der Waals surface area contributed by atoms with Crippen LogP contribution in [0.15, 0.2) is 41.3 Å². The average molecular weight is 345 g/mol. The van der Waals surface area contributed by atoms with E-state index in [0.717, 1.165) is 12.1 Å². The molecule has 2 heterocycles. The molecule has 0 radical (unpaired) electrons. The highest BCUT2D eigenvalue weighted by Gasteiger charge is 2.17. The predicted octanol–water partition coefficient (Wildman–Crippen LogP) is 2.94. The van der Waals surface area contributed by atoms with Crippen LogP contribution < -0.4 is 5.56 Å². The van der Waals surface area contributed by atoms with Gasteiger partial charge in [-0.2, -0.15) is 0 Å². The van der Waals surface area contributed by atoms with Gasteiger partial charge in [-0.1, -0.05) is 17.7 Å². The number of rotatable bonds is 3. The van der Waals surface area contributed by atoms with Gasteiger partial charge in [0, 0.05) is 23.4 Å². The van der Waals surface area contributed by atoms with E-state index in [1.165, 1.54) is 12.3 Å². The van der Waals surface area contributed by atoms with Crippen molar-refractivity contribution in [2.45, 2.75) is 0 Å². The molecule has 0 amide bonds. The first-order valence-electron chi connectivity index (χ1n) is 6.66. The predicted molar refractivity (Wildman–Crippen MR) is 88.8 cm³/mol. The molecule has 3 rings (SSSR count). The fraction of sp³-hybridized carbons (Fsp3) is 0. The second kappa shape index (κ2) is 6.09. The molecular weight excluding hydrogens is 336 g/mol. The van der Waals surface area contributed by atoms with Crippen LogP contribution in [0.2, 0.25) is 5.02 Å². The molecule has 0 spiro atoms. The fourth-order valence-corrected chi connectivity index (χ4v) is 2.32. The van der Waals surface area contributed by atoms with Crippen LogP contribution in [-0.2, 0) is 0 Å². The fourth-order valence-electron chi connectivity index (χ4n) is 2.11. The van der Waals surface area contributed by atoms with Crippen LogP contribution in [0.25, 0.3) is 22.9 Å². The van der Waals surface area contributed by atoms with Gasteiger partial charge >= 0.3 is 0 Å². The molecule has 2 N–H and O–H groups in total. The number of fused-ring (bicyclic) bond motifs is 1. The Labute approximate surface area is 139 Å². The van der Waals surface area contributed by atoms with Crippen molar-refractivity contribution in [2.75, 3.05) is 0 Å². The second-order valence-corrected chi connectivity index (χ2v) is 5.21. The maximum absolute atomic E-state index is 12.1. The number of aromatic amines is 1. The summed E-state index contributed by atoms with van der Waals surface area (Å²) in [6.45, 7) is 0. The van der Waals surface area contributed by atoms with Crippen molar-refractivity contribution >= 4 is 40.2 Å². The molecule has 0 bridgehead atoms. The van der Waals surface area contributed by atoms with E-state index >= 15 is 0 Å². The molecule has 3 aromatic rings. The molecule has 8 nitrogen and oxygen atoms in total.